The van der Waals surface area contributed by atoms with Crippen LogP contribution in [0.2, 0.25) is 0 Å². The predicted molar refractivity (Wildman–Crippen MR) is 91.4 cm³/mol. The van der Waals surface area contributed by atoms with E-state index in [9.17, 15) is 9.59 Å². The lowest BCUT2D eigenvalue weighted by Gasteiger charge is -2.36. The number of nitrogens with one attached hydrogen (secondary N) is 1. The second kappa shape index (κ2) is 8.01. The zero-order valence-electron chi connectivity index (χ0n) is 14.2. The van der Waals surface area contributed by atoms with Crippen LogP contribution in [0.4, 0.5) is 4.79 Å². The minimum Gasteiger partial charge on any atom is -0.381 e. The molecule has 3 amide bonds. The molecule has 2 atom stereocenters. The summed E-state index contributed by atoms with van der Waals surface area (Å²) in [4.78, 5) is 32.3. The Kier molecular flexibility index (Phi) is 6.29. The summed E-state index contributed by atoms with van der Waals surface area (Å²) in [5.74, 6) is 1.06. The van der Waals surface area contributed by atoms with Gasteiger partial charge in [0.25, 0.3) is 5.91 Å². The van der Waals surface area contributed by atoms with Gasteiger partial charge in [-0.2, -0.15) is 0 Å². The highest BCUT2D eigenvalue weighted by Gasteiger charge is 2.48. The van der Waals surface area contributed by atoms with E-state index >= 15 is 0 Å². The van der Waals surface area contributed by atoms with E-state index in [-0.39, 0.29) is 11.9 Å². The topological polar surface area (TPSA) is 74.2 Å². The molecule has 7 nitrogen and oxygen atoms in total. The van der Waals surface area contributed by atoms with Crippen molar-refractivity contribution in [3.8, 4) is 0 Å². The average Bonchev–Trinajstić information content (AvgIpc) is 2.86. The van der Waals surface area contributed by atoms with Crippen molar-refractivity contribution in [2.45, 2.75) is 39.4 Å². The lowest BCUT2D eigenvalue weighted by molar-refractivity contribution is -0.127. The van der Waals surface area contributed by atoms with Gasteiger partial charge >= 0.3 is 6.03 Å². The minimum absolute atomic E-state index is 0.258. The van der Waals surface area contributed by atoms with Crippen LogP contribution in [0.5, 0.6) is 0 Å². The van der Waals surface area contributed by atoms with E-state index in [0.29, 0.717) is 19.1 Å². The van der Waals surface area contributed by atoms with Gasteiger partial charge in [0.2, 0.25) is 0 Å². The second-order valence-corrected chi connectivity index (χ2v) is 7.16. The Morgan fingerprint density at radius 3 is 2.78 bits per heavy atom. The third-order valence-electron chi connectivity index (χ3n) is 3.93. The fourth-order valence-electron chi connectivity index (χ4n) is 2.59. The molecule has 23 heavy (non-hydrogen) atoms. The van der Waals surface area contributed by atoms with E-state index in [2.05, 4.69) is 24.2 Å². The summed E-state index contributed by atoms with van der Waals surface area (Å²) in [6, 6.07) is -0.810. The standard InChI is InChI=1S/C15H26N4O3S/c1-5-22-8-9-23-15-16-12-11(19(15)7-6-10(2)3)13(20)17-14(21)18(12)4/h10-12H,5-9H2,1-4H3,(H,17,20,21). The number of amidine groups is 1. The molecule has 0 saturated carbocycles. The van der Waals surface area contributed by atoms with Gasteiger partial charge in [-0.25, -0.2) is 9.79 Å². The molecule has 1 saturated heterocycles. The molecule has 0 aromatic heterocycles. The number of amides is 3. The first-order valence-electron chi connectivity index (χ1n) is 8.08. The van der Waals surface area contributed by atoms with Crippen molar-refractivity contribution < 1.29 is 14.3 Å². The minimum atomic E-state index is -0.432. The summed E-state index contributed by atoms with van der Waals surface area (Å²) in [6.07, 6.45) is 0.539. The zero-order chi connectivity index (χ0) is 17.0. The summed E-state index contributed by atoms with van der Waals surface area (Å²) in [7, 11) is 1.68. The molecule has 0 aromatic rings. The van der Waals surface area contributed by atoms with Crippen molar-refractivity contribution in [3.05, 3.63) is 0 Å². The Morgan fingerprint density at radius 2 is 2.13 bits per heavy atom. The van der Waals surface area contributed by atoms with Crippen molar-refractivity contribution in [2.24, 2.45) is 10.9 Å². The van der Waals surface area contributed by atoms with Crippen molar-refractivity contribution in [3.63, 3.8) is 0 Å². The van der Waals surface area contributed by atoms with Crippen molar-refractivity contribution in [1.82, 2.24) is 15.1 Å². The highest BCUT2D eigenvalue weighted by atomic mass is 32.2. The Labute approximate surface area is 141 Å². The lowest BCUT2D eigenvalue weighted by Crippen LogP contribution is -2.63. The summed E-state index contributed by atoms with van der Waals surface area (Å²) in [5.41, 5.74) is 0. The second-order valence-electron chi connectivity index (χ2n) is 6.10. The number of ether oxygens (including phenoxy) is 1. The summed E-state index contributed by atoms with van der Waals surface area (Å²) in [6.45, 7) is 8.37. The first-order chi connectivity index (χ1) is 11.0. The van der Waals surface area contributed by atoms with E-state index in [1.807, 2.05) is 11.8 Å². The Balaban J connectivity index is 2.11. The monoisotopic (exact) mass is 342 g/mol. The molecular weight excluding hydrogens is 316 g/mol. The Bertz CT molecular complexity index is 483. The molecule has 1 N–H and O–H groups in total. The number of fused-ring (bicyclic) bond motifs is 1. The Hall–Kier alpha value is -1.28. The molecule has 8 heteroatoms. The SMILES string of the molecule is CCOCCSC1=NC2C(C(=O)NC(=O)N2C)N1CCC(C)C. The third kappa shape index (κ3) is 4.17. The number of hydrogen-bond acceptors (Lipinski definition) is 6. The van der Waals surface area contributed by atoms with Gasteiger partial charge in [-0.15, -0.1) is 0 Å². The van der Waals surface area contributed by atoms with Gasteiger partial charge < -0.3 is 14.5 Å². The molecular formula is C15H26N4O3S. The fourth-order valence-corrected chi connectivity index (χ4v) is 3.53. The molecule has 0 aliphatic carbocycles. The van der Waals surface area contributed by atoms with Gasteiger partial charge in [0.15, 0.2) is 17.4 Å². The molecule has 2 unspecified atom stereocenters. The van der Waals surface area contributed by atoms with Gasteiger partial charge in [0.1, 0.15) is 0 Å². The maximum Gasteiger partial charge on any atom is 0.325 e. The maximum atomic E-state index is 12.3. The molecule has 2 aliphatic rings. The number of carbonyl (C=O) groups excluding carboxylic acids is 2. The normalized spacial score (nSPS) is 24.1. The molecule has 0 spiro atoms. The zero-order valence-corrected chi connectivity index (χ0v) is 15.1. The Morgan fingerprint density at radius 1 is 1.39 bits per heavy atom. The highest BCUT2D eigenvalue weighted by Crippen LogP contribution is 2.29. The summed E-state index contributed by atoms with van der Waals surface area (Å²) >= 11 is 1.59. The van der Waals surface area contributed by atoms with Crippen molar-refractivity contribution in [1.29, 1.82) is 0 Å². The van der Waals surface area contributed by atoms with Gasteiger partial charge in [-0.05, 0) is 19.3 Å². The molecule has 2 heterocycles. The van der Waals surface area contributed by atoms with Crippen LogP contribution < -0.4 is 5.32 Å². The van der Waals surface area contributed by atoms with Crippen LogP contribution in [0.3, 0.4) is 0 Å². The smallest absolute Gasteiger partial charge is 0.325 e. The van der Waals surface area contributed by atoms with E-state index < -0.39 is 12.2 Å². The number of likely N-dealkylation sites (N-methyl/N-ethyl adjacent to an activating group) is 1. The van der Waals surface area contributed by atoms with Crippen molar-refractivity contribution in [2.75, 3.05) is 32.6 Å². The summed E-state index contributed by atoms with van der Waals surface area (Å²) in [5, 5.41) is 3.24. The van der Waals surface area contributed by atoms with Crippen LogP contribution in [-0.4, -0.2) is 71.7 Å². The molecule has 2 rings (SSSR count). The van der Waals surface area contributed by atoms with E-state index in [1.54, 1.807) is 18.8 Å². The molecule has 0 aromatic carbocycles. The molecule has 0 bridgehead atoms. The van der Waals surface area contributed by atoms with Crippen LogP contribution in [0.1, 0.15) is 27.2 Å². The molecule has 0 radical (unpaired) electrons. The number of hydrogen-bond donors (Lipinski definition) is 1. The first-order valence-corrected chi connectivity index (χ1v) is 9.06. The van der Waals surface area contributed by atoms with Crippen LogP contribution in [0.15, 0.2) is 4.99 Å². The van der Waals surface area contributed by atoms with Crippen LogP contribution >= 0.6 is 11.8 Å². The van der Waals surface area contributed by atoms with Gasteiger partial charge in [-0.3, -0.25) is 10.1 Å². The van der Waals surface area contributed by atoms with Crippen LogP contribution in [0, 0.1) is 5.92 Å². The maximum absolute atomic E-state index is 12.3. The number of aliphatic imine (C=N–C) groups is 1. The van der Waals surface area contributed by atoms with Crippen LogP contribution in [0.25, 0.3) is 0 Å². The van der Waals surface area contributed by atoms with E-state index in [4.69, 9.17) is 4.74 Å². The van der Waals surface area contributed by atoms with Gasteiger partial charge in [-0.1, -0.05) is 25.6 Å². The average molecular weight is 342 g/mol. The predicted octanol–water partition coefficient (Wildman–Crippen LogP) is 1.35. The number of carbonyl (C=O) groups is 2. The third-order valence-corrected chi connectivity index (χ3v) is 4.90. The molecule has 130 valence electrons. The number of urea groups is 1. The fraction of sp³-hybridized carbons (Fsp3) is 0.800. The number of nitrogens with zero attached hydrogens (tertiary/aromatic N) is 3. The number of imide groups is 1. The quantitative estimate of drug-likeness (QED) is 0.707. The van der Waals surface area contributed by atoms with Gasteiger partial charge in [0, 0.05) is 26.0 Å². The number of rotatable bonds is 7. The van der Waals surface area contributed by atoms with E-state index in [0.717, 1.165) is 23.9 Å². The molecule has 1 fully saturated rings. The lowest BCUT2D eigenvalue weighted by atomic mass is 10.1. The highest BCUT2D eigenvalue weighted by molar-refractivity contribution is 8.13. The van der Waals surface area contributed by atoms with Crippen molar-refractivity contribution >= 4 is 28.9 Å². The number of thioether (sulfide) groups is 1. The van der Waals surface area contributed by atoms with Gasteiger partial charge in [0.05, 0.1) is 6.61 Å². The van der Waals surface area contributed by atoms with E-state index in [1.165, 1.54) is 4.90 Å². The largest absolute Gasteiger partial charge is 0.381 e. The van der Waals surface area contributed by atoms with Crippen LogP contribution in [-0.2, 0) is 9.53 Å². The molecule has 2 aliphatic heterocycles. The summed E-state index contributed by atoms with van der Waals surface area (Å²) < 4.78 is 5.37. The first kappa shape index (κ1) is 18.1.